The predicted molar refractivity (Wildman–Crippen MR) is 81.1 cm³/mol. The SMILES string of the molecule is CC(CC(=O)Nc1ccc(F)cc1)(C(=O)O)c1ccccc1. The molecule has 0 radical (unpaired) electrons. The first-order chi connectivity index (χ1) is 10.4. The third-order valence-electron chi connectivity index (χ3n) is 3.53. The maximum atomic E-state index is 12.8. The van der Waals surface area contributed by atoms with Gasteiger partial charge in [-0.1, -0.05) is 30.3 Å². The number of carbonyl (C=O) groups excluding carboxylic acids is 1. The molecule has 2 aromatic rings. The zero-order valence-electron chi connectivity index (χ0n) is 12.0. The number of carbonyl (C=O) groups is 2. The van der Waals surface area contributed by atoms with Gasteiger partial charge in [0.2, 0.25) is 5.91 Å². The van der Waals surface area contributed by atoms with Crippen molar-refractivity contribution in [1.82, 2.24) is 0 Å². The van der Waals surface area contributed by atoms with Crippen LogP contribution in [0.1, 0.15) is 18.9 Å². The summed E-state index contributed by atoms with van der Waals surface area (Å²) in [4.78, 5) is 23.7. The van der Waals surface area contributed by atoms with Crippen molar-refractivity contribution in [3.05, 3.63) is 66.0 Å². The van der Waals surface area contributed by atoms with Crippen LogP contribution in [0.5, 0.6) is 0 Å². The van der Waals surface area contributed by atoms with Gasteiger partial charge in [0.15, 0.2) is 0 Å². The van der Waals surface area contributed by atoms with Crippen LogP contribution in [0, 0.1) is 5.82 Å². The van der Waals surface area contributed by atoms with E-state index in [2.05, 4.69) is 5.32 Å². The monoisotopic (exact) mass is 301 g/mol. The van der Waals surface area contributed by atoms with Crippen molar-refractivity contribution in [2.24, 2.45) is 0 Å². The molecule has 0 bridgehead atoms. The highest BCUT2D eigenvalue weighted by Crippen LogP contribution is 2.28. The molecule has 1 amide bonds. The Morgan fingerprint density at radius 2 is 1.68 bits per heavy atom. The number of halogens is 1. The van der Waals surface area contributed by atoms with Crippen molar-refractivity contribution in [2.75, 3.05) is 5.32 Å². The molecule has 1 unspecified atom stereocenters. The Balaban J connectivity index is 2.16. The average molecular weight is 301 g/mol. The van der Waals surface area contributed by atoms with Crippen LogP contribution in [0.4, 0.5) is 10.1 Å². The molecule has 0 fully saturated rings. The van der Waals surface area contributed by atoms with Gasteiger partial charge in [0.25, 0.3) is 0 Å². The summed E-state index contributed by atoms with van der Waals surface area (Å²) in [6.07, 6.45) is -0.219. The summed E-state index contributed by atoms with van der Waals surface area (Å²) in [6.45, 7) is 1.51. The van der Waals surface area contributed by atoms with Crippen molar-refractivity contribution >= 4 is 17.6 Å². The van der Waals surface area contributed by atoms with Crippen LogP contribution in [-0.4, -0.2) is 17.0 Å². The number of hydrogen-bond acceptors (Lipinski definition) is 2. The minimum absolute atomic E-state index is 0.219. The van der Waals surface area contributed by atoms with Gasteiger partial charge in [-0.25, -0.2) is 4.39 Å². The van der Waals surface area contributed by atoms with Gasteiger partial charge < -0.3 is 10.4 Å². The maximum absolute atomic E-state index is 12.8. The number of amides is 1. The Hall–Kier alpha value is -2.69. The number of nitrogens with one attached hydrogen (secondary N) is 1. The van der Waals surface area contributed by atoms with Gasteiger partial charge >= 0.3 is 5.97 Å². The zero-order valence-corrected chi connectivity index (χ0v) is 12.0. The normalized spacial score (nSPS) is 13.2. The number of rotatable bonds is 5. The molecule has 114 valence electrons. The minimum atomic E-state index is -1.33. The number of anilines is 1. The highest BCUT2D eigenvalue weighted by Gasteiger charge is 2.37. The van der Waals surface area contributed by atoms with Gasteiger partial charge in [0, 0.05) is 12.1 Å². The van der Waals surface area contributed by atoms with E-state index in [1.165, 1.54) is 31.2 Å². The third kappa shape index (κ3) is 3.49. The lowest BCUT2D eigenvalue weighted by atomic mass is 9.79. The molecule has 0 heterocycles. The van der Waals surface area contributed by atoms with E-state index >= 15 is 0 Å². The van der Waals surface area contributed by atoms with Crippen LogP contribution >= 0.6 is 0 Å². The Bertz CT molecular complexity index is 670. The molecule has 5 heteroatoms. The Kier molecular flexibility index (Phi) is 4.56. The van der Waals surface area contributed by atoms with E-state index in [1.807, 2.05) is 0 Å². The van der Waals surface area contributed by atoms with Gasteiger partial charge in [-0.3, -0.25) is 9.59 Å². The standard InChI is InChI=1S/C17H16FNO3/c1-17(16(21)22,12-5-3-2-4-6-12)11-15(20)19-14-9-7-13(18)8-10-14/h2-10H,11H2,1H3,(H,19,20)(H,21,22). The summed E-state index contributed by atoms with van der Waals surface area (Å²) in [7, 11) is 0. The first kappa shape index (κ1) is 15.7. The number of hydrogen-bond donors (Lipinski definition) is 2. The highest BCUT2D eigenvalue weighted by atomic mass is 19.1. The quantitative estimate of drug-likeness (QED) is 0.891. The van der Waals surface area contributed by atoms with Gasteiger partial charge in [-0.15, -0.1) is 0 Å². The molecule has 0 aliphatic heterocycles. The highest BCUT2D eigenvalue weighted by molar-refractivity contribution is 5.96. The second kappa shape index (κ2) is 6.39. The van der Waals surface area contributed by atoms with Crippen LogP contribution in [0.3, 0.4) is 0 Å². The smallest absolute Gasteiger partial charge is 0.314 e. The van der Waals surface area contributed by atoms with Crippen molar-refractivity contribution < 1.29 is 19.1 Å². The van der Waals surface area contributed by atoms with E-state index < -0.39 is 23.1 Å². The Labute approximate surface area is 127 Å². The molecule has 1 atom stereocenters. The van der Waals surface area contributed by atoms with Gasteiger partial charge in [0.05, 0.1) is 5.41 Å². The third-order valence-corrected chi connectivity index (χ3v) is 3.53. The van der Waals surface area contributed by atoms with E-state index in [0.29, 0.717) is 11.3 Å². The fraction of sp³-hybridized carbons (Fsp3) is 0.176. The molecule has 0 spiro atoms. The Morgan fingerprint density at radius 1 is 1.09 bits per heavy atom. The van der Waals surface area contributed by atoms with Gasteiger partial charge in [-0.2, -0.15) is 0 Å². The van der Waals surface area contributed by atoms with Crippen LogP contribution < -0.4 is 5.32 Å². The summed E-state index contributed by atoms with van der Waals surface area (Å²) in [5.41, 5.74) is -0.352. The molecule has 22 heavy (non-hydrogen) atoms. The molecule has 4 nitrogen and oxygen atoms in total. The summed E-state index contributed by atoms with van der Waals surface area (Å²) in [5.74, 6) is -1.93. The second-order valence-electron chi connectivity index (χ2n) is 5.24. The van der Waals surface area contributed by atoms with Crippen LogP contribution in [-0.2, 0) is 15.0 Å². The van der Waals surface area contributed by atoms with Gasteiger partial charge in [-0.05, 0) is 36.8 Å². The summed E-state index contributed by atoms with van der Waals surface area (Å²) in [6, 6.07) is 13.9. The fourth-order valence-electron chi connectivity index (χ4n) is 2.17. The van der Waals surface area contributed by atoms with Crippen LogP contribution in [0.25, 0.3) is 0 Å². The average Bonchev–Trinajstić information content (AvgIpc) is 2.50. The molecule has 0 saturated carbocycles. The minimum Gasteiger partial charge on any atom is -0.481 e. The molecule has 2 rings (SSSR count). The van der Waals surface area contributed by atoms with Crippen LogP contribution in [0.2, 0.25) is 0 Å². The van der Waals surface area contributed by atoms with Crippen molar-refractivity contribution in [3.63, 3.8) is 0 Å². The van der Waals surface area contributed by atoms with E-state index in [0.717, 1.165) is 0 Å². The van der Waals surface area contributed by atoms with Crippen molar-refractivity contribution in [1.29, 1.82) is 0 Å². The first-order valence-corrected chi connectivity index (χ1v) is 6.76. The van der Waals surface area contributed by atoms with E-state index in [1.54, 1.807) is 30.3 Å². The van der Waals surface area contributed by atoms with E-state index in [-0.39, 0.29) is 6.42 Å². The van der Waals surface area contributed by atoms with E-state index in [9.17, 15) is 19.1 Å². The summed E-state index contributed by atoms with van der Waals surface area (Å²) in [5, 5.41) is 12.1. The largest absolute Gasteiger partial charge is 0.481 e. The van der Waals surface area contributed by atoms with Crippen molar-refractivity contribution in [2.45, 2.75) is 18.8 Å². The number of carboxylic acid groups (broad SMARTS) is 1. The Morgan fingerprint density at radius 3 is 2.23 bits per heavy atom. The lowest BCUT2D eigenvalue weighted by molar-refractivity contribution is -0.145. The van der Waals surface area contributed by atoms with Gasteiger partial charge in [0.1, 0.15) is 5.82 Å². The van der Waals surface area contributed by atoms with Crippen LogP contribution in [0.15, 0.2) is 54.6 Å². The molecule has 0 saturated heterocycles. The summed E-state index contributed by atoms with van der Waals surface area (Å²) < 4.78 is 12.8. The zero-order chi connectivity index (χ0) is 16.2. The number of benzene rings is 2. The molecular weight excluding hydrogens is 285 g/mol. The lowest BCUT2D eigenvalue weighted by Gasteiger charge is -2.24. The molecule has 0 aliphatic carbocycles. The molecule has 0 aromatic heterocycles. The number of carboxylic acids is 1. The number of aliphatic carboxylic acids is 1. The maximum Gasteiger partial charge on any atom is 0.314 e. The molecule has 0 aliphatic rings. The first-order valence-electron chi connectivity index (χ1n) is 6.76. The lowest BCUT2D eigenvalue weighted by Crippen LogP contribution is -2.36. The molecular formula is C17H16FNO3. The summed E-state index contributed by atoms with van der Waals surface area (Å²) >= 11 is 0. The fourth-order valence-corrected chi connectivity index (χ4v) is 2.17. The second-order valence-corrected chi connectivity index (χ2v) is 5.24. The molecule has 2 aromatic carbocycles. The topological polar surface area (TPSA) is 66.4 Å². The predicted octanol–water partition coefficient (Wildman–Crippen LogP) is 3.20. The molecule has 2 N–H and O–H groups in total. The van der Waals surface area contributed by atoms with Crippen molar-refractivity contribution in [3.8, 4) is 0 Å². The van der Waals surface area contributed by atoms with E-state index in [4.69, 9.17) is 0 Å².